The Labute approximate surface area is 349 Å². The van der Waals surface area contributed by atoms with Gasteiger partial charge in [0.1, 0.15) is 11.3 Å². The van der Waals surface area contributed by atoms with Crippen LogP contribution >= 0.6 is 0 Å². The summed E-state index contributed by atoms with van der Waals surface area (Å²) in [5.41, 5.74) is 14.6. The van der Waals surface area contributed by atoms with Crippen molar-refractivity contribution in [3.05, 3.63) is 237 Å². The van der Waals surface area contributed by atoms with Crippen LogP contribution in [0.4, 0.5) is 17.1 Å². The number of hydrogen-bond donors (Lipinski definition) is 0. The second kappa shape index (κ2) is 15.1. The Morgan fingerprint density at radius 2 is 0.650 bits per heavy atom. The molecule has 0 bridgehead atoms. The molecule has 11 rings (SSSR count). The summed E-state index contributed by atoms with van der Waals surface area (Å²) in [6, 6.07) is 84.5. The van der Waals surface area contributed by atoms with Crippen molar-refractivity contribution in [2.24, 2.45) is 0 Å². The lowest BCUT2D eigenvalue weighted by Crippen LogP contribution is -2.09. The molecule has 0 atom stereocenters. The summed E-state index contributed by atoms with van der Waals surface area (Å²) in [5.74, 6) is 0.888. The lowest BCUT2D eigenvalue weighted by Gasteiger charge is -2.26. The molecule has 0 fully saturated rings. The molecule has 0 amide bonds. The number of nitrogens with zero attached hydrogens (tertiary/aromatic N) is 1. The van der Waals surface area contributed by atoms with Gasteiger partial charge in [0.15, 0.2) is 0 Å². The summed E-state index contributed by atoms with van der Waals surface area (Å²) in [5, 5.41) is 5.82. The maximum atomic E-state index is 6.98. The fourth-order valence-electron chi connectivity index (χ4n) is 8.75. The molecule has 0 aliphatic heterocycles. The van der Waals surface area contributed by atoms with Crippen molar-refractivity contribution >= 4 is 49.6 Å². The normalized spacial score (nSPS) is 11.3. The van der Waals surface area contributed by atoms with Gasteiger partial charge in [-0.1, -0.05) is 194 Å². The van der Waals surface area contributed by atoms with E-state index in [-0.39, 0.29) is 0 Å². The first-order valence-corrected chi connectivity index (χ1v) is 20.5. The molecule has 0 aliphatic carbocycles. The molecule has 282 valence electrons. The smallest absolute Gasteiger partial charge is 0.143 e. The first kappa shape index (κ1) is 35.2. The molecule has 1 aromatic heterocycles. The van der Waals surface area contributed by atoms with Crippen LogP contribution in [-0.2, 0) is 0 Å². The van der Waals surface area contributed by atoms with E-state index >= 15 is 0 Å². The van der Waals surface area contributed by atoms with E-state index in [1.807, 2.05) is 0 Å². The van der Waals surface area contributed by atoms with E-state index in [4.69, 9.17) is 4.42 Å². The van der Waals surface area contributed by atoms with Gasteiger partial charge in [0.25, 0.3) is 0 Å². The summed E-state index contributed by atoms with van der Waals surface area (Å²) >= 11 is 0. The molecule has 0 spiro atoms. The Kier molecular flexibility index (Phi) is 8.87. The van der Waals surface area contributed by atoms with E-state index in [9.17, 15) is 0 Å². The molecule has 0 saturated carbocycles. The van der Waals surface area contributed by atoms with Crippen molar-refractivity contribution in [1.29, 1.82) is 0 Å². The van der Waals surface area contributed by atoms with Crippen molar-refractivity contribution in [1.82, 2.24) is 0 Å². The molecule has 0 radical (unpaired) electrons. The van der Waals surface area contributed by atoms with Gasteiger partial charge in [0.05, 0.1) is 0 Å². The number of benzene rings is 10. The van der Waals surface area contributed by atoms with Gasteiger partial charge in [0.2, 0.25) is 0 Å². The molecular weight excluding hydrogens is 727 g/mol. The quantitative estimate of drug-likeness (QED) is 0.143. The molecule has 10 aromatic carbocycles. The van der Waals surface area contributed by atoms with Gasteiger partial charge in [-0.3, -0.25) is 0 Å². The number of hydrogen-bond acceptors (Lipinski definition) is 2. The third-order valence-electron chi connectivity index (χ3n) is 11.7. The Morgan fingerprint density at radius 3 is 1.22 bits per heavy atom. The average Bonchev–Trinajstić information content (AvgIpc) is 3.75. The van der Waals surface area contributed by atoms with E-state index in [1.54, 1.807) is 0 Å². The van der Waals surface area contributed by atoms with Crippen LogP contribution in [0.3, 0.4) is 0 Å². The standard InChI is InChI=1S/C58H39NO/c1-5-15-40(16-6-1)41-25-27-42(28-26-41)43-29-34-49(35-30-43)59(48-21-11-4-12-22-48)50-36-31-44(32-37-50)47-33-38-52-51-23-13-14-24-53(51)58-56(54(52)39-47)55(45-17-7-2-8-18-45)57(60-58)46-19-9-3-10-20-46/h1-39H. The lowest BCUT2D eigenvalue weighted by atomic mass is 9.90. The first-order chi connectivity index (χ1) is 29.8. The van der Waals surface area contributed by atoms with Gasteiger partial charge in [0, 0.05) is 39.0 Å². The molecule has 0 N–H and O–H groups in total. The molecule has 2 nitrogen and oxygen atoms in total. The number of fused-ring (bicyclic) bond motifs is 6. The van der Waals surface area contributed by atoms with Gasteiger partial charge in [-0.05, 0) is 97.6 Å². The van der Waals surface area contributed by atoms with Crippen LogP contribution < -0.4 is 4.90 Å². The third kappa shape index (κ3) is 6.32. The predicted octanol–water partition coefficient (Wildman–Crippen LogP) is 16.5. The minimum atomic E-state index is 0.888. The highest BCUT2D eigenvalue weighted by Crippen LogP contribution is 2.48. The highest BCUT2D eigenvalue weighted by atomic mass is 16.3. The first-order valence-electron chi connectivity index (χ1n) is 20.5. The van der Waals surface area contributed by atoms with Gasteiger partial charge in [-0.15, -0.1) is 0 Å². The molecule has 11 aromatic rings. The highest BCUT2D eigenvalue weighted by Gasteiger charge is 2.23. The Bertz CT molecular complexity index is 3250. The third-order valence-corrected chi connectivity index (χ3v) is 11.7. The van der Waals surface area contributed by atoms with Crippen LogP contribution in [0.1, 0.15) is 0 Å². The highest BCUT2D eigenvalue weighted by molar-refractivity contribution is 6.29. The SMILES string of the molecule is c1ccc(-c2ccc(-c3ccc(N(c4ccccc4)c4ccc(-c5ccc6c7ccccc7c7oc(-c8ccccc8)c(-c8ccccc8)c7c6c5)cc4)cc3)cc2)cc1. The summed E-state index contributed by atoms with van der Waals surface area (Å²) < 4.78 is 6.98. The zero-order valence-electron chi connectivity index (χ0n) is 32.9. The predicted molar refractivity (Wildman–Crippen MR) is 253 cm³/mol. The van der Waals surface area contributed by atoms with Crippen LogP contribution in [0, 0.1) is 0 Å². The van der Waals surface area contributed by atoms with Crippen LogP contribution in [-0.4, -0.2) is 0 Å². The Balaban J connectivity index is 0.995. The van der Waals surface area contributed by atoms with Crippen LogP contribution in [0.5, 0.6) is 0 Å². The lowest BCUT2D eigenvalue weighted by molar-refractivity contribution is 0.636. The number of furan rings is 1. The van der Waals surface area contributed by atoms with Crippen molar-refractivity contribution in [3.63, 3.8) is 0 Å². The van der Waals surface area contributed by atoms with Crippen molar-refractivity contribution < 1.29 is 4.42 Å². The van der Waals surface area contributed by atoms with E-state index in [0.29, 0.717) is 0 Å². The Morgan fingerprint density at radius 1 is 0.267 bits per heavy atom. The molecule has 1 heterocycles. The summed E-state index contributed by atoms with van der Waals surface area (Å²) in [6.45, 7) is 0. The summed E-state index contributed by atoms with van der Waals surface area (Å²) in [6.07, 6.45) is 0. The summed E-state index contributed by atoms with van der Waals surface area (Å²) in [7, 11) is 0. The minimum absolute atomic E-state index is 0.888. The van der Waals surface area contributed by atoms with Gasteiger partial charge in [-0.2, -0.15) is 0 Å². The fourth-order valence-corrected chi connectivity index (χ4v) is 8.75. The zero-order valence-corrected chi connectivity index (χ0v) is 32.9. The van der Waals surface area contributed by atoms with Crippen LogP contribution in [0.2, 0.25) is 0 Å². The largest absolute Gasteiger partial charge is 0.455 e. The molecule has 60 heavy (non-hydrogen) atoms. The molecule has 2 heteroatoms. The fraction of sp³-hybridized carbons (Fsp3) is 0. The second-order valence-electron chi connectivity index (χ2n) is 15.3. The van der Waals surface area contributed by atoms with Crippen molar-refractivity contribution in [3.8, 4) is 55.8 Å². The van der Waals surface area contributed by atoms with E-state index < -0.39 is 0 Å². The van der Waals surface area contributed by atoms with E-state index in [2.05, 4.69) is 241 Å². The van der Waals surface area contributed by atoms with Crippen LogP contribution in [0.15, 0.2) is 241 Å². The topological polar surface area (TPSA) is 16.4 Å². The maximum Gasteiger partial charge on any atom is 0.143 e. The monoisotopic (exact) mass is 765 g/mol. The summed E-state index contributed by atoms with van der Waals surface area (Å²) in [4.78, 5) is 2.32. The van der Waals surface area contributed by atoms with Crippen LogP contribution in [0.25, 0.3) is 88.3 Å². The second-order valence-corrected chi connectivity index (χ2v) is 15.3. The van der Waals surface area contributed by atoms with Crippen molar-refractivity contribution in [2.75, 3.05) is 4.90 Å². The number of rotatable bonds is 8. The van der Waals surface area contributed by atoms with Gasteiger partial charge in [-0.25, -0.2) is 0 Å². The molecule has 0 aliphatic rings. The minimum Gasteiger partial charge on any atom is -0.455 e. The zero-order chi connectivity index (χ0) is 39.8. The number of anilines is 3. The Hall–Kier alpha value is -7.94. The average molecular weight is 766 g/mol. The van der Waals surface area contributed by atoms with Crippen molar-refractivity contribution in [2.45, 2.75) is 0 Å². The molecule has 0 unspecified atom stereocenters. The maximum absolute atomic E-state index is 6.98. The molecular formula is C58H39NO. The van der Waals surface area contributed by atoms with E-state index in [0.717, 1.165) is 67.0 Å². The van der Waals surface area contributed by atoms with E-state index in [1.165, 1.54) is 38.4 Å². The molecule has 0 saturated heterocycles. The van der Waals surface area contributed by atoms with Gasteiger partial charge < -0.3 is 9.32 Å². The van der Waals surface area contributed by atoms with Gasteiger partial charge >= 0.3 is 0 Å². The number of para-hydroxylation sites is 1.